The van der Waals surface area contributed by atoms with E-state index in [1.54, 1.807) is 19.1 Å². The fourth-order valence-electron chi connectivity index (χ4n) is 2.52. The van der Waals surface area contributed by atoms with Crippen molar-refractivity contribution in [3.05, 3.63) is 47.2 Å². The standard InChI is InChI=1S/C17H20ClN3O3/c1-4-12-7-5-8-13(18)14(12)20-15(22)11(2)17(3,16(23)24)21-10-6-9-19-21/h5-11H,4H2,1-3H3,(H,20,22)(H,23,24). The number of carbonyl (C=O) groups is 2. The first-order chi connectivity index (χ1) is 11.3. The molecule has 1 aromatic heterocycles. The summed E-state index contributed by atoms with van der Waals surface area (Å²) in [5.74, 6) is -2.45. The van der Waals surface area contributed by atoms with Crippen LogP contribution < -0.4 is 5.32 Å². The Labute approximate surface area is 145 Å². The van der Waals surface area contributed by atoms with Crippen molar-refractivity contribution < 1.29 is 14.7 Å². The van der Waals surface area contributed by atoms with E-state index in [4.69, 9.17) is 11.6 Å². The number of aromatic nitrogens is 2. The lowest BCUT2D eigenvalue weighted by Gasteiger charge is -2.31. The van der Waals surface area contributed by atoms with Crippen LogP contribution in [0.2, 0.25) is 5.02 Å². The van der Waals surface area contributed by atoms with Gasteiger partial charge in [-0.15, -0.1) is 0 Å². The van der Waals surface area contributed by atoms with Gasteiger partial charge in [-0.3, -0.25) is 9.48 Å². The molecule has 2 N–H and O–H groups in total. The normalized spacial score (nSPS) is 14.7. The van der Waals surface area contributed by atoms with Gasteiger partial charge < -0.3 is 10.4 Å². The monoisotopic (exact) mass is 349 g/mol. The molecule has 1 aromatic carbocycles. The lowest BCUT2D eigenvalue weighted by molar-refractivity contribution is -0.152. The molecule has 0 spiro atoms. The summed E-state index contributed by atoms with van der Waals surface area (Å²) >= 11 is 6.18. The lowest BCUT2D eigenvalue weighted by Crippen LogP contribution is -2.49. The third-order valence-corrected chi connectivity index (χ3v) is 4.69. The Morgan fingerprint density at radius 1 is 1.42 bits per heavy atom. The van der Waals surface area contributed by atoms with Gasteiger partial charge in [0.05, 0.1) is 16.6 Å². The molecule has 2 atom stereocenters. The van der Waals surface area contributed by atoms with Gasteiger partial charge in [-0.1, -0.05) is 37.6 Å². The summed E-state index contributed by atoms with van der Waals surface area (Å²) in [6.07, 6.45) is 3.71. The van der Waals surface area contributed by atoms with E-state index in [0.717, 1.165) is 5.56 Å². The molecule has 0 bridgehead atoms. The molecule has 2 aromatic rings. The highest BCUT2D eigenvalue weighted by Crippen LogP contribution is 2.30. The summed E-state index contributed by atoms with van der Waals surface area (Å²) in [6, 6.07) is 6.99. The van der Waals surface area contributed by atoms with Gasteiger partial charge >= 0.3 is 5.97 Å². The molecule has 0 aliphatic rings. The summed E-state index contributed by atoms with van der Waals surface area (Å²) in [4.78, 5) is 24.5. The zero-order valence-corrected chi connectivity index (χ0v) is 14.5. The van der Waals surface area contributed by atoms with Gasteiger partial charge in [-0.05, 0) is 31.0 Å². The zero-order chi connectivity index (χ0) is 17.9. The average molecular weight is 350 g/mol. The molecule has 24 heavy (non-hydrogen) atoms. The molecule has 0 aliphatic heterocycles. The molecule has 0 saturated heterocycles. The number of nitrogens with one attached hydrogen (secondary N) is 1. The maximum absolute atomic E-state index is 12.7. The number of aliphatic carboxylic acids is 1. The van der Waals surface area contributed by atoms with Gasteiger partial charge in [-0.25, -0.2) is 4.79 Å². The summed E-state index contributed by atoms with van der Waals surface area (Å²) in [6.45, 7) is 4.99. The summed E-state index contributed by atoms with van der Waals surface area (Å²) < 4.78 is 1.28. The van der Waals surface area contributed by atoms with Crippen molar-refractivity contribution in [2.45, 2.75) is 32.7 Å². The molecular weight excluding hydrogens is 330 g/mol. The number of carboxylic acid groups (broad SMARTS) is 1. The minimum Gasteiger partial charge on any atom is -0.479 e. The van der Waals surface area contributed by atoms with E-state index < -0.39 is 23.3 Å². The largest absolute Gasteiger partial charge is 0.479 e. The van der Waals surface area contributed by atoms with Gasteiger partial charge in [0.2, 0.25) is 5.91 Å². The molecule has 7 heteroatoms. The number of hydrogen-bond donors (Lipinski definition) is 2. The van der Waals surface area contributed by atoms with Gasteiger partial charge in [0, 0.05) is 12.4 Å². The minimum atomic E-state index is -1.51. The maximum Gasteiger partial charge on any atom is 0.332 e. The van der Waals surface area contributed by atoms with Crippen molar-refractivity contribution in [2.75, 3.05) is 5.32 Å². The Hall–Kier alpha value is -2.34. The first-order valence-corrected chi connectivity index (χ1v) is 8.01. The molecule has 2 rings (SSSR count). The Balaban J connectivity index is 2.34. The Kier molecular flexibility index (Phi) is 5.29. The molecule has 0 fully saturated rings. The van der Waals surface area contributed by atoms with Crippen LogP contribution in [0.25, 0.3) is 0 Å². The van der Waals surface area contributed by atoms with Crippen molar-refractivity contribution in [3.63, 3.8) is 0 Å². The molecule has 2 unspecified atom stereocenters. The van der Waals surface area contributed by atoms with Crippen molar-refractivity contribution in [2.24, 2.45) is 5.92 Å². The van der Waals surface area contributed by atoms with Crippen LogP contribution in [0.5, 0.6) is 0 Å². The van der Waals surface area contributed by atoms with Crippen LogP contribution in [0, 0.1) is 5.92 Å². The van der Waals surface area contributed by atoms with Crippen LogP contribution in [0.1, 0.15) is 26.3 Å². The zero-order valence-electron chi connectivity index (χ0n) is 13.8. The van der Waals surface area contributed by atoms with Crippen molar-refractivity contribution in [1.29, 1.82) is 0 Å². The molecule has 128 valence electrons. The van der Waals surface area contributed by atoms with Crippen LogP contribution in [-0.2, 0) is 21.5 Å². The fourth-order valence-corrected chi connectivity index (χ4v) is 2.76. The molecule has 1 heterocycles. The number of aryl methyl sites for hydroxylation is 1. The first kappa shape index (κ1) is 18.0. The number of para-hydroxylation sites is 1. The first-order valence-electron chi connectivity index (χ1n) is 7.64. The van der Waals surface area contributed by atoms with Crippen LogP contribution in [0.4, 0.5) is 5.69 Å². The van der Waals surface area contributed by atoms with E-state index in [1.807, 2.05) is 19.1 Å². The number of carboxylic acids is 1. The van der Waals surface area contributed by atoms with Gasteiger partial charge in [0.25, 0.3) is 0 Å². The Bertz CT molecular complexity index is 746. The highest BCUT2D eigenvalue weighted by Gasteiger charge is 2.45. The Morgan fingerprint density at radius 2 is 2.12 bits per heavy atom. The van der Waals surface area contributed by atoms with Crippen LogP contribution in [-0.4, -0.2) is 26.8 Å². The second kappa shape index (κ2) is 7.05. The van der Waals surface area contributed by atoms with Crippen LogP contribution in [0.15, 0.2) is 36.7 Å². The number of nitrogens with zero attached hydrogens (tertiary/aromatic N) is 2. The summed E-state index contributed by atoms with van der Waals surface area (Å²) in [5.41, 5.74) is -0.104. The minimum absolute atomic E-state index is 0.422. The smallest absolute Gasteiger partial charge is 0.332 e. The van der Waals surface area contributed by atoms with Crippen molar-refractivity contribution in [1.82, 2.24) is 9.78 Å². The highest BCUT2D eigenvalue weighted by atomic mass is 35.5. The molecule has 0 radical (unpaired) electrons. The molecule has 6 nitrogen and oxygen atoms in total. The molecule has 0 saturated carbocycles. The van der Waals surface area contributed by atoms with E-state index in [1.165, 1.54) is 24.0 Å². The average Bonchev–Trinajstić information content (AvgIpc) is 3.09. The molecular formula is C17H20ClN3O3. The second-order valence-corrected chi connectivity index (χ2v) is 6.15. The van der Waals surface area contributed by atoms with Crippen molar-refractivity contribution >= 4 is 29.2 Å². The van der Waals surface area contributed by atoms with E-state index in [9.17, 15) is 14.7 Å². The predicted molar refractivity (Wildman–Crippen MR) is 92.1 cm³/mol. The number of amides is 1. The van der Waals surface area contributed by atoms with E-state index in [2.05, 4.69) is 10.4 Å². The molecule has 0 aliphatic carbocycles. The lowest BCUT2D eigenvalue weighted by atomic mass is 9.86. The quantitative estimate of drug-likeness (QED) is 0.838. The van der Waals surface area contributed by atoms with Gasteiger partial charge in [0.15, 0.2) is 5.54 Å². The summed E-state index contributed by atoms with van der Waals surface area (Å²) in [5, 5.41) is 16.9. The number of rotatable bonds is 6. The maximum atomic E-state index is 12.7. The van der Waals surface area contributed by atoms with E-state index >= 15 is 0 Å². The third kappa shape index (κ3) is 3.14. The number of carbonyl (C=O) groups excluding carboxylic acids is 1. The molecule has 1 amide bonds. The second-order valence-electron chi connectivity index (χ2n) is 5.74. The van der Waals surface area contributed by atoms with Gasteiger partial charge in [0.1, 0.15) is 0 Å². The van der Waals surface area contributed by atoms with E-state index in [-0.39, 0.29) is 0 Å². The number of hydrogen-bond acceptors (Lipinski definition) is 3. The number of halogens is 1. The van der Waals surface area contributed by atoms with Crippen molar-refractivity contribution in [3.8, 4) is 0 Å². The SMILES string of the molecule is CCc1cccc(Cl)c1NC(=O)C(C)C(C)(C(=O)O)n1cccn1. The van der Waals surface area contributed by atoms with Crippen LogP contribution in [0.3, 0.4) is 0 Å². The predicted octanol–water partition coefficient (Wildman–Crippen LogP) is 3.17. The van der Waals surface area contributed by atoms with E-state index in [0.29, 0.717) is 17.1 Å². The number of benzene rings is 1. The topological polar surface area (TPSA) is 84.2 Å². The Morgan fingerprint density at radius 3 is 2.67 bits per heavy atom. The number of anilines is 1. The third-order valence-electron chi connectivity index (χ3n) is 4.38. The summed E-state index contributed by atoms with van der Waals surface area (Å²) in [7, 11) is 0. The van der Waals surface area contributed by atoms with Crippen LogP contribution >= 0.6 is 11.6 Å². The fraction of sp³-hybridized carbons (Fsp3) is 0.353. The highest BCUT2D eigenvalue weighted by molar-refractivity contribution is 6.34. The van der Waals surface area contributed by atoms with Gasteiger partial charge in [-0.2, -0.15) is 5.10 Å².